The number of hydrogen-bond acceptors (Lipinski definition) is 4. The predicted molar refractivity (Wildman–Crippen MR) is 97.7 cm³/mol. The lowest BCUT2D eigenvalue weighted by Crippen LogP contribution is -2.30. The van der Waals surface area contributed by atoms with Crippen LogP contribution >= 0.6 is 0 Å². The van der Waals surface area contributed by atoms with Gasteiger partial charge < -0.3 is 19.1 Å². The van der Waals surface area contributed by atoms with E-state index in [1.54, 1.807) is 26.2 Å². The Hall–Kier alpha value is -2.69. The zero-order valence-electron chi connectivity index (χ0n) is 15.5. The Balaban J connectivity index is 2.28. The van der Waals surface area contributed by atoms with Crippen LogP contribution in [0.15, 0.2) is 36.4 Å². The highest BCUT2D eigenvalue weighted by atomic mass is 16.5. The average molecular weight is 343 g/mol. The van der Waals surface area contributed by atoms with Gasteiger partial charge in [0.15, 0.2) is 11.5 Å². The Labute approximate surface area is 149 Å². The Kier molecular flexibility index (Phi) is 6.28. The highest BCUT2D eigenvalue weighted by Gasteiger charge is 2.19. The van der Waals surface area contributed by atoms with E-state index in [-0.39, 0.29) is 5.91 Å². The first-order valence-corrected chi connectivity index (χ1v) is 8.18. The van der Waals surface area contributed by atoms with Crippen molar-refractivity contribution in [1.82, 2.24) is 4.90 Å². The molecule has 25 heavy (non-hydrogen) atoms. The van der Waals surface area contributed by atoms with Crippen molar-refractivity contribution in [3.63, 3.8) is 0 Å². The molecule has 0 heterocycles. The van der Waals surface area contributed by atoms with E-state index in [1.165, 1.54) is 0 Å². The van der Waals surface area contributed by atoms with E-state index in [1.807, 2.05) is 50.2 Å². The number of aryl methyl sites for hydroxylation is 1. The first-order chi connectivity index (χ1) is 12.0. The molecule has 1 amide bonds. The molecule has 0 bridgehead atoms. The van der Waals surface area contributed by atoms with Gasteiger partial charge in [0.05, 0.1) is 26.9 Å². The number of carbonyl (C=O) groups excluding carboxylic acids is 1. The van der Waals surface area contributed by atoms with Crippen molar-refractivity contribution < 1.29 is 19.0 Å². The van der Waals surface area contributed by atoms with E-state index >= 15 is 0 Å². The number of methoxy groups -OCH3 is 3. The lowest BCUT2D eigenvalue weighted by atomic mass is 10.1. The van der Waals surface area contributed by atoms with Crippen molar-refractivity contribution in [1.29, 1.82) is 0 Å². The summed E-state index contributed by atoms with van der Waals surface area (Å²) >= 11 is 0. The molecule has 0 radical (unpaired) electrons. The van der Waals surface area contributed by atoms with Gasteiger partial charge >= 0.3 is 0 Å². The minimum absolute atomic E-state index is 0.0576. The summed E-state index contributed by atoms with van der Waals surface area (Å²) in [4.78, 5) is 14.8. The second kappa shape index (κ2) is 8.42. The molecule has 0 aliphatic rings. The monoisotopic (exact) mass is 343 g/mol. The molecule has 0 aliphatic heterocycles. The maximum absolute atomic E-state index is 13.0. The summed E-state index contributed by atoms with van der Waals surface area (Å²) in [5.74, 6) is 1.84. The summed E-state index contributed by atoms with van der Waals surface area (Å²) in [6.45, 7) is 4.98. The molecule has 5 heteroatoms. The minimum atomic E-state index is -0.0576. The van der Waals surface area contributed by atoms with E-state index in [0.29, 0.717) is 35.9 Å². The third kappa shape index (κ3) is 4.24. The zero-order valence-corrected chi connectivity index (χ0v) is 15.5. The predicted octanol–water partition coefficient (Wildman–Crippen LogP) is 3.68. The van der Waals surface area contributed by atoms with Crippen LogP contribution in [0, 0.1) is 6.92 Å². The number of hydrogen-bond donors (Lipinski definition) is 0. The number of nitrogens with zero attached hydrogens (tertiary/aromatic N) is 1. The summed E-state index contributed by atoms with van der Waals surface area (Å²) in [5.41, 5.74) is 2.57. The van der Waals surface area contributed by atoms with Crippen molar-refractivity contribution in [3.8, 4) is 17.2 Å². The molecule has 0 N–H and O–H groups in total. The second-order valence-electron chi connectivity index (χ2n) is 5.71. The van der Waals surface area contributed by atoms with Gasteiger partial charge in [-0.15, -0.1) is 0 Å². The first-order valence-electron chi connectivity index (χ1n) is 8.18. The molecular weight excluding hydrogens is 318 g/mol. The van der Waals surface area contributed by atoms with Gasteiger partial charge in [-0.1, -0.05) is 17.7 Å². The topological polar surface area (TPSA) is 48.0 Å². The largest absolute Gasteiger partial charge is 0.496 e. The van der Waals surface area contributed by atoms with Gasteiger partial charge in [-0.2, -0.15) is 0 Å². The van der Waals surface area contributed by atoms with Crippen molar-refractivity contribution in [2.45, 2.75) is 20.4 Å². The van der Waals surface area contributed by atoms with Gasteiger partial charge in [0, 0.05) is 13.1 Å². The van der Waals surface area contributed by atoms with Crippen molar-refractivity contribution >= 4 is 5.91 Å². The molecule has 2 aromatic rings. The van der Waals surface area contributed by atoms with Crippen LogP contribution in [0.25, 0.3) is 0 Å². The molecule has 0 fully saturated rings. The Bertz CT molecular complexity index is 742. The fourth-order valence-corrected chi connectivity index (χ4v) is 2.69. The third-order valence-electron chi connectivity index (χ3n) is 4.08. The maximum Gasteiger partial charge on any atom is 0.257 e. The van der Waals surface area contributed by atoms with Crippen LogP contribution in [0.1, 0.15) is 28.4 Å². The molecule has 5 nitrogen and oxygen atoms in total. The number of benzene rings is 2. The molecule has 0 spiro atoms. The first kappa shape index (κ1) is 18.6. The molecule has 0 aromatic heterocycles. The van der Waals surface area contributed by atoms with Gasteiger partial charge in [0.25, 0.3) is 5.91 Å². The number of carbonyl (C=O) groups is 1. The van der Waals surface area contributed by atoms with Crippen LogP contribution in [0.4, 0.5) is 0 Å². The van der Waals surface area contributed by atoms with Gasteiger partial charge in [0.1, 0.15) is 5.75 Å². The Morgan fingerprint density at radius 2 is 1.56 bits per heavy atom. The van der Waals surface area contributed by atoms with Crippen molar-refractivity contribution in [3.05, 3.63) is 53.1 Å². The maximum atomic E-state index is 13.0. The summed E-state index contributed by atoms with van der Waals surface area (Å²) in [6.07, 6.45) is 0. The summed E-state index contributed by atoms with van der Waals surface area (Å²) in [7, 11) is 4.78. The van der Waals surface area contributed by atoms with Crippen LogP contribution in [-0.2, 0) is 6.54 Å². The van der Waals surface area contributed by atoms with E-state index in [2.05, 4.69) is 0 Å². The lowest BCUT2D eigenvalue weighted by Gasteiger charge is -2.23. The fourth-order valence-electron chi connectivity index (χ4n) is 2.69. The summed E-state index contributed by atoms with van der Waals surface area (Å²) in [6, 6.07) is 11.3. The molecule has 2 rings (SSSR count). The molecule has 2 aromatic carbocycles. The molecule has 0 saturated heterocycles. The van der Waals surface area contributed by atoms with Gasteiger partial charge in [0.2, 0.25) is 0 Å². The van der Waals surface area contributed by atoms with E-state index < -0.39 is 0 Å². The summed E-state index contributed by atoms with van der Waals surface area (Å²) in [5, 5.41) is 0. The van der Waals surface area contributed by atoms with Crippen molar-refractivity contribution in [2.24, 2.45) is 0 Å². The summed E-state index contributed by atoms with van der Waals surface area (Å²) < 4.78 is 16.0. The standard InChI is InChI=1S/C20H25NO4/c1-6-21(13-15-8-10-18(24-4)19(12-15)25-5)20(22)16-11-14(2)7-9-17(16)23-3/h7-12H,6,13H2,1-5H3. The van der Waals surface area contributed by atoms with E-state index in [9.17, 15) is 4.79 Å². The van der Waals surface area contributed by atoms with E-state index in [4.69, 9.17) is 14.2 Å². The molecule has 0 atom stereocenters. The van der Waals surface area contributed by atoms with Gasteiger partial charge in [-0.25, -0.2) is 0 Å². The average Bonchev–Trinajstić information content (AvgIpc) is 2.65. The highest BCUT2D eigenvalue weighted by molar-refractivity contribution is 5.97. The Morgan fingerprint density at radius 3 is 2.16 bits per heavy atom. The van der Waals surface area contributed by atoms with Gasteiger partial charge in [-0.05, 0) is 43.7 Å². The van der Waals surface area contributed by atoms with E-state index in [0.717, 1.165) is 11.1 Å². The van der Waals surface area contributed by atoms with Crippen LogP contribution < -0.4 is 14.2 Å². The normalized spacial score (nSPS) is 10.3. The second-order valence-corrected chi connectivity index (χ2v) is 5.71. The van der Waals surface area contributed by atoms with Gasteiger partial charge in [-0.3, -0.25) is 4.79 Å². The highest BCUT2D eigenvalue weighted by Crippen LogP contribution is 2.28. The third-order valence-corrected chi connectivity index (χ3v) is 4.08. The lowest BCUT2D eigenvalue weighted by molar-refractivity contribution is 0.0749. The molecule has 0 unspecified atom stereocenters. The molecule has 0 aliphatic carbocycles. The van der Waals surface area contributed by atoms with Crippen LogP contribution in [0.2, 0.25) is 0 Å². The van der Waals surface area contributed by atoms with Crippen LogP contribution in [-0.4, -0.2) is 38.7 Å². The smallest absolute Gasteiger partial charge is 0.257 e. The minimum Gasteiger partial charge on any atom is -0.496 e. The quantitative estimate of drug-likeness (QED) is 0.769. The molecular formula is C20H25NO4. The fraction of sp³-hybridized carbons (Fsp3) is 0.350. The zero-order chi connectivity index (χ0) is 18.4. The van der Waals surface area contributed by atoms with Crippen LogP contribution in [0.5, 0.6) is 17.2 Å². The molecule has 134 valence electrons. The number of amides is 1. The van der Waals surface area contributed by atoms with Crippen LogP contribution in [0.3, 0.4) is 0 Å². The molecule has 0 saturated carbocycles. The number of ether oxygens (including phenoxy) is 3. The number of rotatable bonds is 7. The Morgan fingerprint density at radius 1 is 0.920 bits per heavy atom. The van der Waals surface area contributed by atoms with Crippen molar-refractivity contribution in [2.75, 3.05) is 27.9 Å². The SMILES string of the molecule is CCN(Cc1ccc(OC)c(OC)c1)C(=O)c1cc(C)ccc1OC.